The topological polar surface area (TPSA) is 108 Å². The van der Waals surface area contributed by atoms with Crippen molar-refractivity contribution in [2.75, 3.05) is 14.2 Å². The van der Waals surface area contributed by atoms with Gasteiger partial charge in [0.15, 0.2) is 0 Å². The van der Waals surface area contributed by atoms with E-state index in [9.17, 15) is 19.5 Å². The lowest BCUT2D eigenvalue weighted by Gasteiger charge is -2.18. The van der Waals surface area contributed by atoms with Crippen LogP contribution in [0.15, 0.2) is 44.3 Å². The van der Waals surface area contributed by atoms with Crippen molar-refractivity contribution in [3.8, 4) is 11.5 Å². The Kier molecular flexibility index (Phi) is 5.45. The number of hydrogen-bond acceptors (Lipinski definition) is 7. The zero-order valence-corrected chi connectivity index (χ0v) is 16.5. The van der Waals surface area contributed by atoms with Crippen LogP contribution in [0, 0.1) is 6.92 Å². The SMILES string of the molecule is COC(=O)C[C@H](c1c(O)cc(C)oc1=O)c1cc2ccc(OC)cc2n(C)c1=O. The van der Waals surface area contributed by atoms with E-state index in [0.717, 1.165) is 0 Å². The maximum Gasteiger partial charge on any atom is 0.343 e. The van der Waals surface area contributed by atoms with Gasteiger partial charge in [0.25, 0.3) is 5.56 Å². The molecule has 0 aliphatic rings. The molecule has 29 heavy (non-hydrogen) atoms. The fourth-order valence-corrected chi connectivity index (χ4v) is 3.39. The summed E-state index contributed by atoms with van der Waals surface area (Å²) in [5.74, 6) is -1.21. The molecule has 3 rings (SSSR count). The number of fused-ring (bicyclic) bond motifs is 1. The number of pyridine rings is 1. The fourth-order valence-electron chi connectivity index (χ4n) is 3.39. The Morgan fingerprint density at radius 2 is 1.93 bits per heavy atom. The number of benzene rings is 1. The van der Waals surface area contributed by atoms with E-state index in [0.29, 0.717) is 16.7 Å². The van der Waals surface area contributed by atoms with Gasteiger partial charge in [-0.3, -0.25) is 9.59 Å². The van der Waals surface area contributed by atoms with Crippen LogP contribution in [0.4, 0.5) is 0 Å². The smallest absolute Gasteiger partial charge is 0.343 e. The van der Waals surface area contributed by atoms with Crippen molar-refractivity contribution in [2.45, 2.75) is 19.3 Å². The van der Waals surface area contributed by atoms with Crippen molar-refractivity contribution in [2.24, 2.45) is 7.05 Å². The molecule has 1 atom stereocenters. The number of aromatic hydroxyl groups is 1. The monoisotopic (exact) mass is 399 g/mol. The third kappa shape index (κ3) is 3.73. The van der Waals surface area contributed by atoms with Gasteiger partial charge in [0, 0.05) is 30.7 Å². The van der Waals surface area contributed by atoms with Gasteiger partial charge in [0.05, 0.1) is 31.7 Å². The van der Waals surface area contributed by atoms with Crippen LogP contribution >= 0.6 is 0 Å². The van der Waals surface area contributed by atoms with Gasteiger partial charge in [-0.05, 0) is 30.5 Å². The molecule has 0 radical (unpaired) electrons. The molecule has 8 heteroatoms. The molecule has 3 aromatic rings. The first-order valence-electron chi connectivity index (χ1n) is 8.85. The summed E-state index contributed by atoms with van der Waals surface area (Å²) < 4.78 is 16.5. The Morgan fingerprint density at radius 1 is 1.21 bits per heavy atom. The normalized spacial score (nSPS) is 12.0. The Morgan fingerprint density at radius 3 is 2.55 bits per heavy atom. The number of methoxy groups -OCH3 is 2. The third-order valence-electron chi connectivity index (χ3n) is 4.87. The number of esters is 1. The van der Waals surface area contributed by atoms with E-state index in [1.807, 2.05) is 0 Å². The largest absolute Gasteiger partial charge is 0.507 e. The lowest BCUT2D eigenvalue weighted by atomic mass is 9.88. The number of rotatable bonds is 5. The summed E-state index contributed by atoms with van der Waals surface area (Å²) in [7, 11) is 4.32. The third-order valence-corrected chi connectivity index (χ3v) is 4.87. The average molecular weight is 399 g/mol. The molecule has 2 heterocycles. The van der Waals surface area contributed by atoms with Crippen molar-refractivity contribution >= 4 is 16.9 Å². The van der Waals surface area contributed by atoms with E-state index in [4.69, 9.17) is 13.9 Å². The fraction of sp³-hybridized carbons (Fsp3) is 0.286. The molecule has 0 aliphatic heterocycles. The van der Waals surface area contributed by atoms with Gasteiger partial charge in [-0.25, -0.2) is 4.79 Å². The van der Waals surface area contributed by atoms with Crippen molar-refractivity contribution < 1.29 is 23.8 Å². The molecule has 0 fully saturated rings. The summed E-state index contributed by atoms with van der Waals surface area (Å²) in [6, 6.07) is 8.10. The lowest BCUT2D eigenvalue weighted by molar-refractivity contribution is -0.140. The number of aryl methyl sites for hydroxylation is 2. The first-order chi connectivity index (χ1) is 13.8. The maximum absolute atomic E-state index is 13.1. The van der Waals surface area contributed by atoms with Gasteiger partial charge in [-0.2, -0.15) is 0 Å². The van der Waals surface area contributed by atoms with Crippen LogP contribution in [-0.2, 0) is 16.6 Å². The van der Waals surface area contributed by atoms with Gasteiger partial charge >= 0.3 is 11.6 Å². The zero-order valence-electron chi connectivity index (χ0n) is 16.5. The Hall–Kier alpha value is -3.55. The molecule has 2 aromatic heterocycles. The maximum atomic E-state index is 13.1. The van der Waals surface area contributed by atoms with E-state index >= 15 is 0 Å². The zero-order chi connectivity index (χ0) is 21.3. The van der Waals surface area contributed by atoms with Crippen molar-refractivity contribution in [1.29, 1.82) is 0 Å². The number of hydrogen-bond donors (Lipinski definition) is 1. The van der Waals surface area contributed by atoms with E-state index in [1.165, 1.54) is 31.8 Å². The first kappa shape index (κ1) is 20.2. The molecule has 8 nitrogen and oxygen atoms in total. The second kappa shape index (κ2) is 7.83. The van der Waals surface area contributed by atoms with Gasteiger partial charge in [-0.1, -0.05) is 0 Å². The van der Waals surface area contributed by atoms with E-state index in [-0.39, 0.29) is 29.1 Å². The predicted octanol–water partition coefficient (Wildman–Crippen LogP) is 2.21. The summed E-state index contributed by atoms with van der Waals surface area (Å²) in [5.41, 5.74) is -0.602. The van der Waals surface area contributed by atoms with E-state index in [1.54, 1.807) is 31.3 Å². The summed E-state index contributed by atoms with van der Waals surface area (Å²) in [4.78, 5) is 37.6. The van der Waals surface area contributed by atoms with Crippen LogP contribution in [0.1, 0.15) is 29.2 Å². The molecule has 0 amide bonds. The second-order valence-corrected chi connectivity index (χ2v) is 6.66. The summed E-state index contributed by atoms with van der Waals surface area (Å²) in [6.45, 7) is 1.52. The van der Waals surface area contributed by atoms with E-state index in [2.05, 4.69) is 0 Å². The van der Waals surface area contributed by atoms with E-state index < -0.39 is 23.1 Å². The van der Waals surface area contributed by atoms with Crippen molar-refractivity contribution in [3.63, 3.8) is 0 Å². The molecular weight excluding hydrogens is 378 g/mol. The molecule has 1 aromatic carbocycles. The quantitative estimate of drug-likeness (QED) is 0.655. The molecule has 0 spiro atoms. The number of carbonyl (C=O) groups excluding carboxylic acids is 1. The minimum atomic E-state index is -1.04. The number of ether oxygens (including phenoxy) is 2. The molecule has 1 N–H and O–H groups in total. The highest BCUT2D eigenvalue weighted by atomic mass is 16.5. The highest BCUT2D eigenvalue weighted by Crippen LogP contribution is 2.32. The van der Waals surface area contributed by atoms with Crippen molar-refractivity contribution in [3.05, 3.63) is 68.0 Å². The van der Waals surface area contributed by atoms with Gasteiger partial charge in [0.2, 0.25) is 0 Å². The summed E-state index contributed by atoms with van der Waals surface area (Å²) in [6.07, 6.45) is -0.311. The Balaban J connectivity index is 2.31. The van der Waals surface area contributed by atoms with Crippen LogP contribution < -0.4 is 15.9 Å². The molecule has 0 unspecified atom stereocenters. The second-order valence-electron chi connectivity index (χ2n) is 6.66. The van der Waals surface area contributed by atoms with Gasteiger partial charge in [-0.15, -0.1) is 0 Å². The summed E-state index contributed by atoms with van der Waals surface area (Å²) in [5, 5.41) is 11.1. The first-order valence-corrected chi connectivity index (χ1v) is 8.85. The Bertz CT molecular complexity index is 1210. The average Bonchev–Trinajstić information content (AvgIpc) is 2.68. The van der Waals surface area contributed by atoms with Crippen LogP contribution in [0.2, 0.25) is 0 Å². The number of aromatic nitrogens is 1. The van der Waals surface area contributed by atoms with Crippen LogP contribution in [0.25, 0.3) is 10.9 Å². The minimum absolute atomic E-state index is 0.161. The lowest BCUT2D eigenvalue weighted by Crippen LogP contribution is -2.27. The minimum Gasteiger partial charge on any atom is -0.507 e. The molecule has 0 saturated heterocycles. The van der Waals surface area contributed by atoms with Crippen LogP contribution in [-0.4, -0.2) is 29.9 Å². The number of nitrogens with zero attached hydrogens (tertiary/aromatic N) is 1. The highest BCUT2D eigenvalue weighted by molar-refractivity contribution is 5.82. The Labute approximate surface area is 165 Å². The molecule has 0 aliphatic carbocycles. The standard InChI is InChI=1S/C21H21NO7/c1-11-7-17(23)19(21(26)29-11)14(10-18(24)28-4)15-8-12-5-6-13(27-3)9-16(12)22(2)20(15)25/h5-9,14,23H,10H2,1-4H3/t14-/m0/s1. The van der Waals surface area contributed by atoms with Crippen molar-refractivity contribution in [1.82, 2.24) is 4.57 Å². The molecule has 0 bridgehead atoms. The molecular formula is C21H21NO7. The van der Waals surface area contributed by atoms with Crippen LogP contribution in [0.5, 0.6) is 11.5 Å². The van der Waals surface area contributed by atoms with Gasteiger partial charge < -0.3 is 23.6 Å². The molecule has 152 valence electrons. The van der Waals surface area contributed by atoms with Crippen LogP contribution in [0.3, 0.4) is 0 Å². The highest BCUT2D eigenvalue weighted by Gasteiger charge is 2.29. The molecule has 0 saturated carbocycles. The summed E-state index contributed by atoms with van der Waals surface area (Å²) >= 11 is 0. The van der Waals surface area contributed by atoms with Gasteiger partial charge in [0.1, 0.15) is 17.3 Å². The number of carbonyl (C=O) groups is 1. The predicted molar refractivity (Wildman–Crippen MR) is 106 cm³/mol.